The van der Waals surface area contributed by atoms with Gasteiger partial charge in [-0.2, -0.15) is 0 Å². The van der Waals surface area contributed by atoms with Crippen molar-refractivity contribution in [2.75, 3.05) is 14.2 Å². The summed E-state index contributed by atoms with van der Waals surface area (Å²) in [7, 11) is 3.49. The van der Waals surface area contributed by atoms with Gasteiger partial charge in [0.2, 0.25) is 5.91 Å². The third kappa shape index (κ3) is 4.77. The SMILES string of the molecule is COc1ccc([C@@H](CC(=O)N(C)Cc2ncccc2C)c2ccccc2)cc1. The predicted molar refractivity (Wildman–Crippen MR) is 111 cm³/mol. The number of carbonyl (C=O) groups excluding carboxylic acids is 1. The second kappa shape index (κ2) is 9.18. The lowest BCUT2D eigenvalue weighted by atomic mass is 9.88. The molecule has 28 heavy (non-hydrogen) atoms. The third-order valence-electron chi connectivity index (χ3n) is 5.03. The van der Waals surface area contributed by atoms with E-state index < -0.39 is 0 Å². The van der Waals surface area contributed by atoms with E-state index in [0.29, 0.717) is 13.0 Å². The van der Waals surface area contributed by atoms with Gasteiger partial charge in [-0.3, -0.25) is 9.78 Å². The fourth-order valence-corrected chi connectivity index (χ4v) is 3.28. The molecule has 0 N–H and O–H groups in total. The largest absolute Gasteiger partial charge is 0.497 e. The zero-order valence-corrected chi connectivity index (χ0v) is 16.6. The average molecular weight is 374 g/mol. The Morgan fingerprint density at radius 3 is 2.32 bits per heavy atom. The Hall–Kier alpha value is -3.14. The number of methoxy groups -OCH3 is 1. The van der Waals surface area contributed by atoms with Crippen molar-refractivity contribution >= 4 is 5.91 Å². The fraction of sp³-hybridized carbons (Fsp3) is 0.250. The molecule has 0 aliphatic heterocycles. The molecule has 2 aromatic carbocycles. The monoisotopic (exact) mass is 374 g/mol. The van der Waals surface area contributed by atoms with Gasteiger partial charge in [-0.05, 0) is 41.8 Å². The van der Waals surface area contributed by atoms with Crippen LogP contribution < -0.4 is 4.74 Å². The van der Waals surface area contributed by atoms with E-state index in [4.69, 9.17) is 4.74 Å². The van der Waals surface area contributed by atoms with Crippen molar-refractivity contribution in [3.63, 3.8) is 0 Å². The molecule has 0 aliphatic carbocycles. The van der Waals surface area contributed by atoms with E-state index in [1.807, 2.05) is 68.6 Å². The summed E-state index contributed by atoms with van der Waals surface area (Å²) in [5.74, 6) is 0.895. The molecule has 3 aromatic rings. The van der Waals surface area contributed by atoms with Crippen LogP contribution in [0.1, 0.15) is 34.7 Å². The van der Waals surface area contributed by atoms with Gasteiger partial charge < -0.3 is 9.64 Å². The topological polar surface area (TPSA) is 42.4 Å². The normalized spacial score (nSPS) is 11.7. The molecule has 0 unspecified atom stereocenters. The number of aromatic nitrogens is 1. The maximum absolute atomic E-state index is 13.0. The van der Waals surface area contributed by atoms with E-state index in [1.165, 1.54) is 0 Å². The van der Waals surface area contributed by atoms with Crippen LogP contribution in [0.4, 0.5) is 0 Å². The van der Waals surface area contributed by atoms with Crippen LogP contribution in [0.5, 0.6) is 5.75 Å². The molecule has 144 valence electrons. The van der Waals surface area contributed by atoms with Gasteiger partial charge in [0.05, 0.1) is 19.3 Å². The Morgan fingerprint density at radius 1 is 1.00 bits per heavy atom. The van der Waals surface area contributed by atoms with Crippen molar-refractivity contribution in [3.05, 3.63) is 95.3 Å². The van der Waals surface area contributed by atoms with Gasteiger partial charge in [0.15, 0.2) is 0 Å². The first-order chi connectivity index (χ1) is 13.6. The molecular formula is C24H26N2O2. The van der Waals surface area contributed by atoms with Gasteiger partial charge in [-0.25, -0.2) is 0 Å². The molecule has 1 aromatic heterocycles. The lowest BCUT2D eigenvalue weighted by Gasteiger charge is -2.23. The average Bonchev–Trinajstić information content (AvgIpc) is 2.74. The van der Waals surface area contributed by atoms with Crippen molar-refractivity contribution in [1.29, 1.82) is 0 Å². The Bertz CT molecular complexity index is 907. The summed E-state index contributed by atoms with van der Waals surface area (Å²) in [4.78, 5) is 19.2. The van der Waals surface area contributed by atoms with E-state index in [-0.39, 0.29) is 11.8 Å². The van der Waals surface area contributed by atoms with Crippen molar-refractivity contribution in [2.24, 2.45) is 0 Å². The Morgan fingerprint density at radius 2 is 1.68 bits per heavy atom. The van der Waals surface area contributed by atoms with Crippen molar-refractivity contribution in [2.45, 2.75) is 25.8 Å². The van der Waals surface area contributed by atoms with Crippen molar-refractivity contribution in [3.8, 4) is 5.75 Å². The zero-order valence-electron chi connectivity index (χ0n) is 16.6. The minimum absolute atomic E-state index is 0.00751. The minimum Gasteiger partial charge on any atom is -0.497 e. The van der Waals surface area contributed by atoms with E-state index >= 15 is 0 Å². The first kappa shape index (κ1) is 19.6. The fourth-order valence-electron chi connectivity index (χ4n) is 3.28. The Labute approximate surface area is 166 Å². The van der Waals surface area contributed by atoms with E-state index in [0.717, 1.165) is 28.1 Å². The molecule has 1 atom stereocenters. The number of benzene rings is 2. The quantitative estimate of drug-likeness (QED) is 0.608. The van der Waals surface area contributed by atoms with Gasteiger partial charge in [-0.1, -0.05) is 48.5 Å². The lowest BCUT2D eigenvalue weighted by Crippen LogP contribution is -2.28. The van der Waals surface area contributed by atoms with Crippen molar-refractivity contribution < 1.29 is 9.53 Å². The molecule has 4 nitrogen and oxygen atoms in total. The molecule has 0 radical (unpaired) electrons. The number of ether oxygens (including phenoxy) is 1. The second-order valence-electron chi connectivity index (χ2n) is 6.96. The Balaban J connectivity index is 1.80. The molecule has 0 bridgehead atoms. The maximum Gasteiger partial charge on any atom is 0.223 e. The summed E-state index contributed by atoms with van der Waals surface area (Å²) in [6.07, 6.45) is 2.17. The van der Waals surface area contributed by atoms with Gasteiger partial charge in [-0.15, -0.1) is 0 Å². The van der Waals surface area contributed by atoms with Crippen LogP contribution in [0.15, 0.2) is 72.9 Å². The van der Waals surface area contributed by atoms with Crippen LogP contribution in [0.25, 0.3) is 0 Å². The summed E-state index contributed by atoms with van der Waals surface area (Å²) >= 11 is 0. The standard InChI is InChI=1S/C24H26N2O2/c1-18-8-7-15-25-23(18)17-26(2)24(27)16-22(19-9-5-4-6-10-19)20-11-13-21(28-3)14-12-20/h4-15,22H,16-17H2,1-3H3/t22-/m0/s1. The van der Waals surface area contributed by atoms with Crippen LogP contribution in [-0.4, -0.2) is 29.9 Å². The molecule has 1 amide bonds. The first-order valence-electron chi connectivity index (χ1n) is 9.42. The van der Waals surface area contributed by atoms with Crippen LogP contribution in [0.3, 0.4) is 0 Å². The highest BCUT2D eigenvalue weighted by Crippen LogP contribution is 2.30. The highest BCUT2D eigenvalue weighted by atomic mass is 16.5. The van der Waals surface area contributed by atoms with Crippen LogP contribution >= 0.6 is 0 Å². The van der Waals surface area contributed by atoms with Gasteiger partial charge in [0.1, 0.15) is 5.75 Å². The summed E-state index contributed by atoms with van der Waals surface area (Å²) in [5, 5.41) is 0. The van der Waals surface area contributed by atoms with E-state index in [9.17, 15) is 4.79 Å². The van der Waals surface area contributed by atoms with Crippen LogP contribution in [0.2, 0.25) is 0 Å². The molecule has 0 saturated carbocycles. The summed E-state index contributed by atoms with van der Waals surface area (Å²) < 4.78 is 5.27. The predicted octanol–water partition coefficient (Wildman–Crippen LogP) is 4.58. The summed E-state index contributed by atoms with van der Waals surface area (Å²) in [6.45, 7) is 2.53. The van der Waals surface area contributed by atoms with Crippen molar-refractivity contribution in [1.82, 2.24) is 9.88 Å². The summed E-state index contributed by atoms with van der Waals surface area (Å²) in [5.41, 5.74) is 4.25. The number of pyridine rings is 1. The molecule has 3 rings (SSSR count). The smallest absolute Gasteiger partial charge is 0.223 e. The zero-order chi connectivity index (χ0) is 19.9. The highest BCUT2D eigenvalue weighted by molar-refractivity contribution is 5.77. The second-order valence-corrected chi connectivity index (χ2v) is 6.96. The molecular weight excluding hydrogens is 348 g/mol. The molecule has 4 heteroatoms. The number of amides is 1. The van der Waals surface area contributed by atoms with Gasteiger partial charge >= 0.3 is 0 Å². The number of hydrogen-bond donors (Lipinski definition) is 0. The van der Waals surface area contributed by atoms with Crippen LogP contribution in [0, 0.1) is 6.92 Å². The van der Waals surface area contributed by atoms with Gasteiger partial charge in [0, 0.05) is 25.6 Å². The van der Waals surface area contributed by atoms with Gasteiger partial charge in [0.25, 0.3) is 0 Å². The molecule has 0 saturated heterocycles. The number of carbonyl (C=O) groups is 1. The maximum atomic E-state index is 13.0. The van der Waals surface area contributed by atoms with E-state index in [2.05, 4.69) is 17.1 Å². The number of rotatable bonds is 7. The number of hydrogen-bond acceptors (Lipinski definition) is 3. The van der Waals surface area contributed by atoms with E-state index in [1.54, 1.807) is 18.2 Å². The molecule has 0 aliphatic rings. The highest BCUT2D eigenvalue weighted by Gasteiger charge is 2.21. The minimum atomic E-state index is -0.00751. The third-order valence-corrected chi connectivity index (χ3v) is 5.03. The molecule has 1 heterocycles. The van der Waals surface area contributed by atoms with Crippen LogP contribution in [-0.2, 0) is 11.3 Å². The summed E-state index contributed by atoms with van der Waals surface area (Å²) in [6, 6.07) is 22.0. The number of aryl methyl sites for hydroxylation is 1. The Kier molecular flexibility index (Phi) is 6.43. The number of nitrogens with zero attached hydrogens (tertiary/aromatic N) is 2. The molecule has 0 spiro atoms. The first-order valence-corrected chi connectivity index (χ1v) is 9.42. The lowest BCUT2D eigenvalue weighted by molar-refractivity contribution is -0.130. The molecule has 0 fully saturated rings.